The third-order valence-electron chi connectivity index (χ3n) is 5.11. The molecule has 4 heterocycles. The molecule has 0 bridgehead atoms. The fraction of sp³-hybridized carbons (Fsp3) is 0.304. The van der Waals surface area contributed by atoms with E-state index in [1.165, 1.54) is 0 Å². The van der Waals surface area contributed by atoms with Gasteiger partial charge in [0.1, 0.15) is 22.7 Å². The molecular formula is C23H26N6O. The van der Waals surface area contributed by atoms with Crippen LogP contribution < -0.4 is 5.32 Å². The zero-order valence-corrected chi connectivity index (χ0v) is 17.5. The van der Waals surface area contributed by atoms with E-state index in [0.717, 1.165) is 29.1 Å². The fourth-order valence-corrected chi connectivity index (χ4v) is 3.70. The number of aromatic amines is 1. The normalized spacial score (nSPS) is 12.4. The number of amides is 1. The molecule has 1 atom stereocenters. The maximum Gasteiger partial charge on any atom is 0.268 e. The van der Waals surface area contributed by atoms with Crippen LogP contribution in [-0.4, -0.2) is 37.0 Å². The van der Waals surface area contributed by atoms with Gasteiger partial charge in [-0.05, 0) is 49.1 Å². The van der Waals surface area contributed by atoms with E-state index in [1.54, 1.807) is 6.20 Å². The van der Waals surface area contributed by atoms with Crippen molar-refractivity contribution in [3.8, 4) is 11.4 Å². The number of imidazole rings is 1. The molecule has 2 N–H and O–H groups in total. The van der Waals surface area contributed by atoms with Crippen LogP contribution in [0.5, 0.6) is 0 Å². The van der Waals surface area contributed by atoms with Gasteiger partial charge < -0.3 is 5.32 Å². The van der Waals surface area contributed by atoms with Gasteiger partial charge in [-0.15, -0.1) is 0 Å². The summed E-state index contributed by atoms with van der Waals surface area (Å²) in [5.74, 6) is 0.608. The van der Waals surface area contributed by atoms with Gasteiger partial charge in [0, 0.05) is 36.7 Å². The van der Waals surface area contributed by atoms with Gasteiger partial charge in [-0.1, -0.05) is 26.0 Å². The van der Waals surface area contributed by atoms with Crippen LogP contribution in [-0.2, 0) is 0 Å². The number of nitrogens with one attached hydrogen (secondary N) is 2. The first-order valence-corrected chi connectivity index (χ1v) is 10.2. The molecule has 0 aromatic carbocycles. The molecule has 0 radical (unpaired) electrons. The van der Waals surface area contributed by atoms with Crippen LogP contribution in [0.2, 0.25) is 0 Å². The summed E-state index contributed by atoms with van der Waals surface area (Å²) in [5, 5.41) is 10.3. The van der Waals surface area contributed by atoms with Crippen LogP contribution in [0.3, 0.4) is 0 Å². The molecule has 0 aliphatic carbocycles. The topological polar surface area (TPSA) is 88.0 Å². The van der Waals surface area contributed by atoms with Gasteiger partial charge in [0.15, 0.2) is 0 Å². The number of carbonyl (C=O) groups excluding carboxylic acids is 1. The zero-order valence-electron chi connectivity index (χ0n) is 17.5. The van der Waals surface area contributed by atoms with E-state index in [2.05, 4.69) is 45.4 Å². The highest BCUT2D eigenvalue weighted by Gasteiger charge is 2.18. The predicted octanol–water partition coefficient (Wildman–Crippen LogP) is 3.99. The molecule has 0 aliphatic rings. The van der Waals surface area contributed by atoms with Crippen LogP contribution in [0.4, 0.5) is 0 Å². The van der Waals surface area contributed by atoms with E-state index in [9.17, 15) is 4.79 Å². The number of carbonyl (C=O) groups is 1. The minimum Gasteiger partial charge on any atom is -0.350 e. The van der Waals surface area contributed by atoms with Crippen LogP contribution in [0.15, 0.2) is 55.0 Å². The lowest BCUT2D eigenvalue weighted by molar-refractivity contribution is 0.0943. The lowest BCUT2D eigenvalue weighted by Crippen LogP contribution is -2.30. The van der Waals surface area contributed by atoms with E-state index in [4.69, 9.17) is 0 Å². The molecule has 0 fully saturated rings. The van der Waals surface area contributed by atoms with Gasteiger partial charge in [0.05, 0.1) is 0 Å². The summed E-state index contributed by atoms with van der Waals surface area (Å²) in [4.78, 5) is 21.9. The molecular weight excluding hydrogens is 376 g/mol. The van der Waals surface area contributed by atoms with E-state index in [1.807, 2.05) is 54.0 Å². The molecule has 4 rings (SSSR count). The highest BCUT2D eigenvalue weighted by Crippen LogP contribution is 2.23. The SMILES string of the molecule is Cc1cc(-c2cn3c(C(=O)NCC(CC(C)C)c4cccnc4)cccc3n2)n[nH]1. The van der Waals surface area contributed by atoms with Crippen LogP contribution in [0.25, 0.3) is 17.0 Å². The predicted molar refractivity (Wildman–Crippen MR) is 116 cm³/mol. The Bertz CT molecular complexity index is 1140. The second-order valence-electron chi connectivity index (χ2n) is 8.02. The van der Waals surface area contributed by atoms with Crippen LogP contribution in [0, 0.1) is 12.8 Å². The zero-order chi connectivity index (χ0) is 21.1. The lowest BCUT2D eigenvalue weighted by Gasteiger charge is -2.20. The third kappa shape index (κ3) is 4.25. The van der Waals surface area contributed by atoms with Crippen molar-refractivity contribution in [3.63, 3.8) is 0 Å². The van der Waals surface area contributed by atoms with Crippen molar-refractivity contribution >= 4 is 11.6 Å². The number of hydrogen-bond acceptors (Lipinski definition) is 4. The van der Waals surface area contributed by atoms with Gasteiger partial charge >= 0.3 is 0 Å². The lowest BCUT2D eigenvalue weighted by atomic mass is 9.91. The van der Waals surface area contributed by atoms with E-state index >= 15 is 0 Å². The Kier molecular flexibility index (Phi) is 5.61. The molecule has 0 saturated carbocycles. The maximum atomic E-state index is 13.0. The molecule has 154 valence electrons. The Balaban J connectivity index is 1.56. The number of aromatic nitrogens is 5. The monoisotopic (exact) mass is 402 g/mol. The van der Waals surface area contributed by atoms with Crippen molar-refractivity contribution in [1.82, 2.24) is 29.9 Å². The van der Waals surface area contributed by atoms with E-state index in [0.29, 0.717) is 23.8 Å². The maximum absolute atomic E-state index is 13.0. The Labute approximate surface area is 175 Å². The second kappa shape index (κ2) is 8.49. The van der Waals surface area contributed by atoms with E-state index < -0.39 is 0 Å². The minimum absolute atomic E-state index is 0.125. The van der Waals surface area contributed by atoms with Crippen molar-refractivity contribution in [2.45, 2.75) is 33.1 Å². The first kappa shape index (κ1) is 19.8. The number of aryl methyl sites for hydroxylation is 1. The van der Waals surface area contributed by atoms with Gasteiger partial charge in [-0.2, -0.15) is 5.10 Å². The Morgan fingerprint density at radius 2 is 2.07 bits per heavy atom. The average Bonchev–Trinajstić information content (AvgIpc) is 3.37. The molecule has 0 spiro atoms. The minimum atomic E-state index is -0.125. The number of nitrogens with zero attached hydrogens (tertiary/aromatic N) is 4. The van der Waals surface area contributed by atoms with Crippen molar-refractivity contribution in [3.05, 3.63) is 71.9 Å². The van der Waals surface area contributed by atoms with E-state index in [-0.39, 0.29) is 11.8 Å². The van der Waals surface area contributed by atoms with Gasteiger partial charge in [-0.3, -0.25) is 19.3 Å². The summed E-state index contributed by atoms with van der Waals surface area (Å²) in [7, 11) is 0. The van der Waals surface area contributed by atoms with Crippen molar-refractivity contribution in [2.75, 3.05) is 6.54 Å². The number of pyridine rings is 2. The van der Waals surface area contributed by atoms with Gasteiger partial charge in [0.25, 0.3) is 5.91 Å². The Morgan fingerprint density at radius 1 is 1.20 bits per heavy atom. The number of rotatable bonds is 7. The van der Waals surface area contributed by atoms with Gasteiger partial charge in [0.2, 0.25) is 0 Å². The molecule has 4 aromatic heterocycles. The summed E-state index contributed by atoms with van der Waals surface area (Å²) in [6, 6.07) is 11.5. The fourth-order valence-electron chi connectivity index (χ4n) is 3.70. The smallest absolute Gasteiger partial charge is 0.268 e. The van der Waals surface area contributed by atoms with Crippen molar-refractivity contribution < 1.29 is 4.79 Å². The molecule has 1 amide bonds. The first-order chi connectivity index (χ1) is 14.5. The third-order valence-corrected chi connectivity index (χ3v) is 5.11. The summed E-state index contributed by atoms with van der Waals surface area (Å²) in [6.07, 6.45) is 6.48. The molecule has 0 aliphatic heterocycles. The highest BCUT2D eigenvalue weighted by atomic mass is 16.1. The average molecular weight is 403 g/mol. The summed E-state index contributed by atoms with van der Waals surface area (Å²) in [6.45, 7) is 6.88. The number of fused-ring (bicyclic) bond motifs is 1. The summed E-state index contributed by atoms with van der Waals surface area (Å²) >= 11 is 0. The summed E-state index contributed by atoms with van der Waals surface area (Å²) in [5.41, 5.74) is 4.86. The molecule has 7 nitrogen and oxygen atoms in total. The standard InChI is InChI=1S/C23H26N6O/c1-15(2)10-18(17-6-5-9-24-12-17)13-25-23(30)21-7-4-8-22-26-20(14-29(21)22)19-11-16(3)27-28-19/h4-9,11-12,14-15,18H,10,13H2,1-3H3,(H,25,30)(H,27,28). The van der Waals surface area contributed by atoms with Crippen molar-refractivity contribution in [1.29, 1.82) is 0 Å². The molecule has 1 unspecified atom stereocenters. The highest BCUT2D eigenvalue weighted by molar-refractivity contribution is 5.93. The Morgan fingerprint density at radius 3 is 2.77 bits per heavy atom. The second-order valence-corrected chi connectivity index (χ2v) is 8.02. The number of hydrogen-bond donors (Lipinski definition) is 2. The number of H-pyrrole nitrogens is 1. The largest absolute Gasteiger partial charge is 0.350 e. The molecule has 4 aromatic rings. The Hall–Kier alpha value is -3.48. The van der Waals surface area contributed by atoms with Crippen molar-refractivity contribution in [2.24, 2.45) is 5.92 Å². The van der Waals surface area contributed by atoms with Crippen LogP contribution in [0.1, 0.15) is 47.9 Å². The van der Waals surface area contributed by atoms with Crippen LogP contribution >= 0.6 is 0 Å². The quantitative estimate of drug-likeness (QED) is 0.489. The molecule has 30 heavy (non-hydrogen) atoms. The summed E-state index contributed by atoms with van der Waals surface area (Å²) < 4.78 is 1.82. The molecule has 7 heteroatoms. The molecule has 0 saturated heterocycles. The van der Waals surface area contributed by atoms with Gasteiger partial charge in [-0.25, -0.2) is 4.98 Å². The first-order valence-electron chi connectivity index (χ1n) is 10.2.